The molecule has 4 aliphatic rings. The first-order chi connectivity index (χ1) is 23.9. The highest BCUT2D eigenvalue weighted by molar-refractivity contribution is 5.94. The van der Waals surface area contributed by atoms with Crippen molar-refractivity contribution in [3.8, 4) is 0 Å². The molecular weight excluding hydrogens is 656 g/mol. The van der Waals surface area contributed by atoms with Crippen LogP contribution in [0, 0.1) is 0 Å². The third-order valence-electron chi connectivity index (χ3n) is 8.37. The topological polar surface area (TPSA) is 179 Å². The number of carbonyl (C=O) groups excluding carboxylic acids is 3. The van der Waals surface area contributed by atoms with Gasteiger partial charge >= 0.3 is 18.2 Å². The fourth-order valence-corrected chi connectivity index (χ4v) is 6.08. The number of carboxylic acids is 1. The molecule has 15 heteroatoms. The third kappa shape index (κ3) is 11.7. The van der Waals surface area contributed by atoms with Gasteiger partial charge in [-0.15, -0.1) is 0 Å². The van der Waals surface area contributed by atoms with Crippen LogP contribution >= 0.6 is 0 Å². The average molecular weight is 711 g/mol. The van der Waals surface area contributed by atoms with Gasteiger partial charge in [-0.3, -0.25) is 9.69 Å². The van der Waals surface area contributed by atoms with Gasteiger partial charge in [0.15, 0.2) is 0 Å². The Morgan fingerprint density at radius 2 is 1.29 bits per heavy atom. The number of carboxylic acid groups (broad SMARTS) is 1. The van der Waals surface area contributed by atoms with Crippen molar-refractivity contribution in [1.82, 2.24) is 30.0 Å². The Hall–Kier alpha value is -4.66. The second-order valence-electron chi connectivity index (χ2n) is 15.5. The minimum Gasteiger partial charge on any atom is -0.478 e. The van der Waals surface area contributed by atoms with Crippen LogP contribution in [-0.2, 0) is 9.47 Å². The molecule has 280 valence electrons. The molecule has 4 N–H and O–H groups in total. The zero-order valence-electron chi connectivity index (χ0n) is 31.1. The predicted octanol–water partition coefficient (Wildman–Crippen LogP) is 4.53. The summed E-state index contributed by atoms with van der Waals surface area (Å²) in [6.07, 6.45) is 4.36. The van der Waals surface area contributed by atoms with Crippen LogP contribution in [-0.4, -0.2) is 128 Å². The molecule has 4 atom stereocenters. The first kappa shape index (κ1) is 39.1. The second-order valence-corrected chi connectivity index (χ2v) is 15.5. The Morgan fingerprint density at radius 1 is 0.784 bits per heavy atom. The number of hydrogen-bond donors (Lipinski definition) is 4. The molecule has 0 saturated carbocycles. The standard InChI is InChI=1S/C18H26N4O3.C10H14N2O2.C8H14N2O2/c1-12-10-22(17(24)25-12)14-7-8-21(11-14)16(23)13-5-6-15(19-9-13)20-18(2,3)4;1-10(2,3)12-8-5-4-7(6-11-8)9(13)14;1-6-5-10(8(11)12-6)7-2-3-9-4-7/h5-6,9,12,14H,7-8,10-11H2,1-4H3,(H,19,20);4-6H,1-3H3,(H,11,12)(H,13,14);6-7,9H,2-5H2,1H3/t12?,14-;;6?,7-/m0.0/s1. The number of rotatable bonds is 6. The average Bonchev–Trinajstić information content (AvgIpc) is 3.85. The van der Waals surface area contributed by atoms with E-state index in [1.807, 2.05) is 45.6 Å². The highest BCUT2D eigenvalue weighted by Gasteiger charge is 2.39. The van der Waals surface area contributed by atoms with Crippen molar-refractivity contribution in [3.63, 3.8) is 0 Å². The van der Waals surface area contributed by atoms with Crippen molar-refractivity contribution in [3.05, 3.63) is 47.8 Å². The van der Waals surface area contributed by atoms with E-state index in [9.17, 15) is 19.2 Å². The highest BCUT2D eigenvalue weighted by Crippen LogP contribution is 2.23. The number of anilines is 2. The summed E-state index contributed by atoms with van der Waals surface area (Å²) in [7, 11) is 0. The zero-order chi connectivity index (χ0) is 37.5. The molecule has 0 radical (unpaired) electrons. The molecule has 0 bridgehead atoms. The molecule has 3 amide bonds. The summed E-state index contributed by atoms with van der Waals surface area (Å²) in [6, 6.07) is 7.21. The molecule has 2 aromatic heterocycles. The highest BCUT2D eigenvalue weighted by atomic mass is 16.6. The van der Waals surface area contributed by atoms with Crippen LogP contribution in [0.2, 0.25) is 0 Å². The molecular formula is C36H54N8O7. The molecule has 4 fully saturated rings. The lowest BCUT2D eigenvalue weighted by molar-refractivity contribution is 0.0695. The first-order valence-electron chi connectivity index (χ1n) is 17.5. The summed E-state index contributed by atoms with van der Waals surface area (Å²) >= 11 is 0. The lowest BCUT2D eigenvalue weighted by Crippen LogP contribution is -2.39. The zero-order valence-corrected chi connectivity index (χ0v) is 31.1. The van der Waals surface area contributed by atoms with E-state index in [1.165, 1.54) is 12.3 Å². The van der Waals surface area contributed by atoms with E-state index in [0.29, 0.717) is 37.1 Å². The fourth-order valence-electron chi connectivity index (χ4n) is 6.08. The molecule has 2 unspecified atom stereocenters. The van der Waals surface area contributed by atoms with E-state index in [2.05, 4.69) is 46.7 Å². The lowest BCUT2D eigenvalue weighted by Gasteiger charge is -2.22. The summed E-state index contributed by atoms with van der Waals surface area (Å²) in [4.78, 5) is 60.0. The van der Waals surface area contributed by atoms with Gasteiger partial charge in [0, 0.05) is 49.1 Å². The van der Waals surface area contributed by atoms with E-state index >= 15 is 0 Å². The van der Waals surface area contributed by atoms with Gasteiger partial charge in [-0.25, -0.2) is 24.4 Å². The summed E-state index contributed by atoms with van der Waals surface area (Å²) in [5.41, 5.74) is 0.613. The number of hydrogen-bond acceptors (Lipinski definition) is 11. The van der Waals surface area contributed by atoms with Gasteiger partial charge < -0.3 is 40.3 Å². The molecule has 0 aromatic carbocycles. The van der Waals surface area contributed by atoms with Gasteiger partial charge in [-0.1, -0.05) is 0 Å². The number of aromatic carboxylic acids is 1. The monoisotopic (exact) mass is 710 g/mol. The molecule has 2 aromatic rings. The van der Waals surface area contributed by atoms with Crippen LogP contribution in [0.25, 0.3) is 0 Å². The van der Waals surface area contributed by atoms with E-state index in [0.717, 1.165) is 38.3 Å². The summed E-state index contributed by atoms with van der Waals surface area (Å²) in [6.45, 7) is 20.5. The summed E-state index contributed by atoms with van der Waals surface area (Å²) < 4.78 is 10.2. The van der Waals surface area contributed by atoms with Crippen LogP contribution < -0.4 is 16.0 Å². The van der Waals surface area contributed by atoms with Crippen LogP contribution in [0.15, 0.2) is 36.7 Å². The largest absolute Gasteiger partial charge is 0.478 e. The molecule has 6 heterocycles. The van der Waals surface area contributed by atoms with Crippen molar-refractivity contribution < 1.29 is 33.8 Å². The molecule has 15 nitrogen and oxygen atoms in total. The number of pyridine rings is 2. The van der Waals surface area contributed by atoms with Crippen LogP contribution in [0.1, 0.15) is 88.9 Å². The molecule has 4 saturated heterocycles. The van der Waals surface area contributed by atoms with Crippen molar-refractivity contribution in [2.75, 3.05) is 49.9 Å². The van der Waals surface area contributed by atoms with E-state index < -0.39 is 5.97 Å². The maximum Gasteiger partial charge on any atom is 0.410 e. The van der Waals surface area contributed by atoms with Gasteiger partial charge in [0.05, 0.1) is 30.3 Å². The van der Waals surface area contributed by atoms with Crippen LogP contribution in [0.5, 0.6) is 0 Å². The van der Waals surface area contributed by atoms with Gasteiger partial charge in [-0.05, 0) is 99.0 Å². The minimum atomic E-state index is -0.959. The number of ether oxygens (including phenoxy) is 2. The number of aromatic nitrogens is 2. The Morgan fingerprint density at radius 3 is 1.69 bits per heavy atom. The number of nitrogens with zero attached hydrogens (tertiary/aromatic N) is 5. The number of carbonyl (C=O) groups is 4. The van der Waals surface area contributed by atoms with Crippen molar-refractivity contribution in [2.24, 2.45) is 0 Å². The summed E-state index contributed by atoms with van der Waals surface area (Å²) in [5, 5.41) is 18.3. The fraction of sp³-hybridized carbons (Fsp3) is 0.611. The van der Waals surface area contributed by atoms with Gasteiger partial charge in [-0.2, -0.15) is 0 Å². The minimum absolute atomic E-state index is 0.0381. The van der Waals surface area contributed by atoms with E-state index in [1.54, 1.807) is 28.1 Å². The number of amides is 3. The van der Waals surface area contributed by atoms with Crippen molar-refractivity contribution >= 4 is 35.7 Å². The number of likely N-dealkylation sites (tertiary alicyclic amines) is 1. The van der Waals surface area contributed by atoms with Crippen molar-refractivity contribution in [2.45, 2.75) is 104 Å². The van der Waals surface area contributed by atoms with Crippen molar-refractivity contribution in [1.29, 1.82) is 0 Å². The first-order valence-corrected chi connectivity index (χ1v) is 17.5. The van der Waals surface area contributed by atoms with Crippen LogP contribution in [0.3, 0.4) is 0 Å². The SMILES string of the molecule is CC(C)(C)Nc1ccc(C(=O)O)cn1.CC1CN([C@H]2CCN(C(=O)c3ccc(NC(C)(C)C)nc3)C2)C(=O)O1.CC1CN([C@H]2CCNC2)C(=O)O1. The molecule has 6 rings (SSSR count). The summed E-state index contributed by atoms with van der Waals surface area (Å²) in [5.74, 6) is 0.428. The molecule has 0 aliphatic carbocycles. The Kier molecular flexibility index (Phi) is 12.7. The van der Waals surface area contributed by atoms with Gasteiger partial charge in [0.1, 0.15) is 23.8 Å². The second kappa shape index (κ2) is 16.6. The Labute approximate surface area is 300 Å². The molecule has 0 spiro atoms. The van der Waals surface area contributed by atoms with E-state index in [-0.39, 0.29) is 53.0 Å². The maximum atomic E-state index is 12.7. The number of nitrogens with one attached hydrogen (secondary N) is 3. The van der Waals surface area contributed by atoms with Gasteiger partial charge in [0.25, 0.3) is 5.91 Å². The number of cyclic esters (lactones) is 2. The predicted molar refractivity (Wildman–Crippen MR) is 193 cm³/mol. The van der Waals surface area contributed by atoms with Gasteiger partial charge in [0.2, 0.25) is 0 Å². The van der Waals surface area contributed by atoms with Crippen LogP contribution in [0.4, 0.5) is 21.2 Å². The van der Waals surface area contributed by atoms with E-state index in [4.69, 9.17) is 14.6 Å². The third-order valence-corrected chi connectivity index (χ3v) is 8.37. The smallest absolute Gasteiger partial charge is 0.410 e. The molecule has 51 heavy (non-hydrogen) atoms. The quantitative estimate of drug-likeness (QED) is 0.330. The Balaban J connectivity index is 0.000000189. The Bertz CT molecular complexity index is 1500. The molecule has 4 aliphatic heterocycles. The lowest BCUT2D eigenvalue weighted by atomic mass is 10.1. The normalized spacial score (nSPS) is 23.1. The maximum absolute atomic E-state index is 12.7.